The van der Waals surface area contributed by atoms with Gasteiger partial charge in [0.25, 0.3) is 0 Å². The summed E-state index contributed by atoms with van der Waals surface area (Å²) in [6.45, 7) is 0.659. The number of nitrogens with one attached hydrogen (secondary N) is 1. The van der Waals surface area contributed by atoms with Gasteiger partial charge in [-0.15, -0.1) is 0 Å². The summed E-state index contributed by atoms with van der Waals surface area (Å²) in [4.78, 5) is 0. The first-order valence-electron chi connectivity index (χ1n) is 6.59. The Hall–Kier alpha value is -1.18. The van der Waals surface area contributed by atoms with Gasteiger partial charge < -0.3 is 4.74 Å². The van der Waals surface area contributed by atoms with Gasteiger partial charge in [0.1, 0.15) is 0 Å². The van der Waals surface area contributed by atoms with E-state index in [-0.39, 0.29) is 11.9 Å². The van der Waals surface area contributed by atoms with Crippen LogP contribution in [0.15, 0.2) is 24.4 Å². The lowest BCUT2D eigenvalue weighted by atomic mass is 10.1. The Balaban J connectivity index is 1.71. The zero-order valence-electron chi connectivity index (χ0n) is 10.9. The molecule has 5 nitrogen and oxygen atoms in total. The molecule has 1 aromatic heterocycles. The molecule has 1 atom stereocenters. The van der Waals surface area contributed by atoms with Gasteiger partial charge >= 0.3 is 0 Å². The lowest BCUT2D eigenvalue weighted by molar-refractivity contribution is 0.0306. The minimum absolute atomic E-state index is 0.0208. The maximum Gasteiger partial charge on any atom is 0.235 e. The van der Waals surface area contributed by atoms with Crippen molar-refractivity contribution >= 4 is 37.3 Å². The third-order valence-corrected chi connectivity index (χ3v) is 5.44. The topological polar surface area (TPSA) is 68.3 Å². The van der Waals surface area contributed by atoms with Crippen LogP contribution in [0.4, 0.5) is 5.69 Å². The van der Waals surface area contributed by atoms with E-state index in [4.69, 9.17) is 4.74 Å². The number of nitrogens with zero attached hydrogens (tertiary/aromatic N) is 1. The maximum absolute atomic E-state index is 12.1. The Morgan fingerprint density at radius 1 is 1.40 bits per heavy atom. The van der Waals surface area contributed by atoms with Crippen LogP contribution in [0.3, 0.4) is 0 Å². The number of anilines is 1. The van der Waals surface area contributed by atoms with Gasteiger partial charge in [-0.05, 0) is 49.0 Å². The molecule has 1 aliphatic heterocycles. The number of rotatable bonds is 4. The fraction of sp³-hybridized carbons (Fsp3) is 0.462. The van der Waals surface area contributed by atoms with E-state index in [0.29, 0.717) is 12.3 Å². The molecule has 3 rings (SSSR count). The van der Waals surface area contributed by atoms with E-state index in [2.05, 4.69) is 9.10 Å². The van der Waals surface area contributed by atoms with Crippen molar-refractivity contribution in [2.75, 3.05) is 17.1 Å². The summed E-state index contributed by atoms with van der Waals surface area (Å²) in [5.74, 6) is 0.0208. The molecule has 0 spiro atoms. The van der Waals surface area contributed by atoms with Gasteiger partial charge in [-0.3, -0.25) is 4.72 Å². The number of sulfonamides is 1. The summed E-state index contributed by atoms with van der Waals surface area (Å²) in [6.07, 6.45) is 4.42. The lowest BCUT2D eigenvalue weighted by Gasteiger charge is -2.22. The van der Waals surface area contributed by atoms with Crippen molar-refractivity contribution in [3.05, 3.63) is 24.4 Å². The van der Waals surface area contributed by atoms with Crippen molar-refractivity contribution in [1.29, 1.82) is 0 Å². The average molecular weight is 312 g/mol. The minimum atomic E-state index is -3.38. The van der Waals surface area contributed by atoms with E-state index in [1.165, 1.54) is 11.5 Å². The molecular formula is C13H16N2O3S2. The standard InChI is InChI=1S/C13H16N2O3S2/c16-20(17,9-12-3-1-2-6-18-12)15-11-4-5-13-10(7-11)8-14-19-13/h4-5,7-8,12,15H,1-3,6,9H2/t12-/m1/s1. The quantitative estimate of drug-likeness (QED) is 0.942. The summed E-state index contributed by atoms with van der Waals surface area (Å²) in [7, 11) is -3.38. The van der Waals surface area contributed by atoms with Crippen LogP contribution < -0.4 is 4.72 Å². The zero-order valence-corrected chi connectivity index (χ0v) is 12.5. The predicted molar refractivity (Wildman–Crippen MR) is 80.6 cm³/mol. The SMILES string of the molecule is O=S(=O)(C[C@H]1CCCCO1)Nc1ccc2sncc2c1. The van der Waals surface area contributed by atoms with E-state index < -0.39 is 10.0 Å². The van der Waals surface area contributed by atoms with Crippen molar-refractivity contribution in [3.63, 3.8) is 0 Å². The number of hydrogen-bond acceptors (Lipinski definition) is 5. The van der Waals surface area contributed by atoms with Gasteiger partial charge in [0.05, 0.1) is 16.6 Å². The smallest absolute Gasteiger partial charge is 0.235 e. The minimum Gasteiger partial charge on any atom is -0.377 e. The Morgan fingerprint density at radius 2 is 2.30 bits per heavy atom. The molecular weight excluding hydrogens is 296 g/mol. The van der Waals surface area contributed by atoms with Gasteiger partial charge in [-0.2, -0.15) is 4.37 Å². The van der Waals surface area contributed by atoms with Crippen LogP contribution in [-0.2, 0) is 14.8 Å². The van der Waals surface area contributed by atoms with Gasteiger partial charge in [0.15, 0.2) is 0 Å². The lowest BCUT2D eigenvalue weighted by Crippen LogP contribution is -2.30. The molecule has 0 unspecified atom stereocenters. The highest BCUT2D eigenvalue weighted by Crippen LogP contribution is 2.23. The highest BCUT2D eigenvalue weighted by molar-refractivity contribution is 7.92. The van der Waals surface area contributed by atoms with Crippen LogP contribution >= 0.6 is 11.5 Å². The molecule has 1 aromatic carbocycles. The molecule has 0 amide bonds. The molecule has 1 aliphatic rings. The summed E-state index contributed by atoms with van der Waals surface area (Å²) in [6, 6.07) is 5.44. The molecule has 1 saturated heterocycles. The van der Waals surface area contributed by atoms with Crippen molar-refractivity contribution in [2.45, 2.75) is 25.4 Å². The molecule has 108 valence electrons. The highest BCUT2D eigenvalue weighted by Gasteiger charge is 2.22. The number of ether oxygens (including phenoxy) is 1. The van der Waals surface area contributed by atoms with E-state index in [1.807, 2.05) is 6.07 Å². The van der Waals surface area contributed by atoms with Gasteiger partial charge in [-0.25, -0.2) is 8.42 Å². The Bertz CT molecular complexity index is 690. The molecule has 2 heterocycles. The molecule has 1 fully saturated rings. The molecule has 2 aromatic rings. The van der Waals surface area contributed by atoms with Crippen molar-refractivity contribution in [2.24, 2.45) is 0 Å². The Morgan fingerprint density at radius 3 is 3.10 bits per heavy atom. The Kier molecular flexibility index (Phi) is 3.91. The van der Waals surface area contributed by atoms with Gasteiger partial charge in [-0.1, -0.05) is 0 Å². The van der Waals surface area contributed by atoms with E-state index in [9.17, 15) is 8.42 Å². The van der Waals surface area contributed by atoms with Crippen molar-refractivity contribution in [3.8, 4) is 0 Å². The summed E-state index contributed by atoms with van der Waals surface area (Å²) in [5, 5.41) is 0.948. The first-order chi connectivity index (χ1) is 9.62. The molecule has 0 saturated carbocycles. The molecule has 20 heavy (non-hydrogen) atoms. The van der Waals surface area contributed by atoms with Gasteiger partial charge in [0, 0.05) is 23.9 Å². The molecule has 1 N–H and O–H groups in total. The number of fused-ring (bicyclic) bond motifs is 1. The zero-order chi connectivity index (χ0) is 14.0. The van der Waals surface area contributed by atoms with E-state index >= 15 is 0 Å². The number of aromatic nitrogens is 1. The van der Waals surface area contributed by atoms with E-state index in [0.717, 1.165) is 29.3 Å². The average Bonchev–Trinajstić information content (AvgIpc) is 2.86. The van der Waals surface area contributed by atoms with Crippen molar-refractivity contribution in [1.82, 2.24) is 4.37 Å². The molecule has 7 heteroatoms. The fourth-order valence-electron chi connectivity index (χ4n) is 2.34. The maximum atomic E-state index is 12.1. The second kappa shape index (κ2) is 5.67. The third-order valence-electron chi connectivity index (χ3n) is 3.31. The monoisotopic (exact) mass is 312 g/mol. The second-order valence-corrected chi connectivity index (χ2v) is 7.55. The first kappa shape index (κ1) is 13.8. The Labute approximate surface area is 122 Å². The third kappa shape index (κ3) is 3.28. The van der Waals surface area contributed by atoms with Crippen LogP contribution in [0.2, 0.25) is 0 Å². The van der Waals surface area contributed by atoms with E-state index in [1.54, 1.807) is 18.3 Å². The van der Waals surface area contributed by atoms with Crippen LogP contribution in [0.25, 0.3) is 10.1 Å². The summed E-state index contributed by atoms with van der Waals surface area (Å²) < 4.78 is 37.5. The number of benzene rings is 1. The van der Waals surface area contributed by atoms with Crippen LogP contribution in [0, 0.1) is 0 Å². The predicted octanol–water partition coefficient (Wildman–Crippen LogP) is 2.61. The van der Waals surface area contributed by atoms with Crippen LogP contribution in [0.5, 0.6) is 0 Å². The number of hydrogen-bond donors (Lipinski definition) is 1. The normalized spacial score (nSPS) is 20.1. The van der Waals surface area contributed by atoms with Crippen LogP contribution in [0.1, 0.15) is 19.3 Å². The summed E-state index contributed by atoms with van der Waals surface area (Å²) >= 11 is 1.40. The molecule has 0 bridgehead atoms. The van der Waals surface area contributed by atoms with Crippen LogP contribution in [-0.4, -0.2) is 31.3 Å². The molecule has 0 aliphatic carbocycles. The van der Waals surface area contributed by atoms with Gasteiger partial charge in [0.2, 0.25) is 10.0 Å². The largest absolute Gasteiger partial charge is 0.377 e. The molecule has 0 radical (unpaired) electrons. The summed E-state index contributed by atoms with van der Waals surface area (Å²) in [5.41, 5.74) is 0.577. The first-order valence-corrected chi connectivity index (χ1v) is 9.01. The second-order valence-electron chi connectivity index (χ2n) is 4.95. The fourth-order valence-corrected chi connectivity index (χ4v) is 4.29. The highest BCUT2D eigenvalue weighted by atomic mass is 32.2. The van der Waals surface area contributed by atoms with Crippen molar-refractivity contribution < 1.29 is 13.2 Å².